The van der Waals surface area contributed by atoms with Gasteiger partial charge in [-0.05, 0) is 37.3 Å². The van der Waals surface area contributed by atoms with E-state index in [4.69, 9.17) is 10.5 Å². The molecule has 0 aliphatic heterocycles. The van der Waals surface area contributed by atoms with Crippen molar-refractivity contribution in [1.29, 1.82) is 0 Å². The topological polar surface area (TPSA) is 100 Å². The first-order valence-electron chi connectivity index (χ1n) is 7.51. The molecule has 0 saturated heterocycles. The molecule has 3 rings (SSSR count). The number of halogens is 1. The van der Waals surface area contributed by atoms with Gasteiger partial charge >= 0.3 is 6.09 Å². The molecule has 2 heterocycles. The van der Waals surface area contributed by atoms with Gasteiger partial charge in [-0.2, -0.15) is 0 Å². The lowest BCUT2D eigenvalue weighted by atomic mass is 10.2. The van der Waals surface area contributed by atoms with Crippen LogP contribution in [0.2, 0.25) is 0 Å². The average Bonchev–Trinajstić information content (AvgIpc) is 2.58. The molecule has 2 aromatic heterocycles. The first-order valence-corrected chi connectivity index (χ1v) is 7.51. The predicted octanol–water partition coefficient (Wildman–Crippen LogP) is 2.14. The number of fused-ring (bicyclic) bond motifs is 1. The van der Waals surface area contributed by atoms with Gasteiger partial charge in [0.25, 0.3) is 5.56 Å². The molecular weight excluding hydrogens is 327 g/mol. The van der Waals surface area contributed by atoms with Crippen LogP contribution in [0.4, 0.5) is 9.18 Å². The van der Waals surface area contributed by atoms with Crippen molar-refractivity contribution in [3.63, 3.8) is 0 Å². The Labute approximate surface area is 141 Å². The lowest BCUT2D eigenvalue weighted by Crippen LogP contribution is -2.29. The molecule has 8 heteroatoms. The van der Waals surface area contributed by atoms with Gasteiger partial charge in [-0.15, -0.1) is 0 Å². The van der Waals surface area contributed by atoms with Crippen LogP contribution < -0.4 is 11.3 Å². The molecule has 0 radical (unpaired) electrons. The maximum atomic E-state index is 13.5. The molecule has 1 atom stereocenters. The quantitative estimate of drug-likeness (QED) is 0.783. The molecule has 0 aliphatic carbocycles. The molecule has 128 valence electrons. The standard InChI is InChI=1S/C17H15FN4O3/c1-10(25-17(19)24)15-21-14-6-5-11(18)8-13(14)16(23)22(15)9-12-4-2-3-7-20-12/h2-8,10H,9H2,1H3,(H2,19,24). The largest absolute Gasteiger partial charge is 0.439 e. The number of ether oxygens (including phenoxy) is 1. The van der Waals surface area contributed by atoms with Gasteiger partial charge in [0.05, 0.1) is 23.1 Å². The Bertz CT molecular complexity index is 988. The summed E-state index contributed by atoms with van der Waals surface area (Å²) in [6.45, 7) is 1.65. The van der Waals surface area contributed by atoms with E-state index in [1.165, 1.54) is 16.7 Å². The highest BCUT2D eigenvalue weighted by Crippen LogP contribution is 2.18. The molecular formula is C17H15FN4O3. The minimum absolute atomic E-state index is 0.0981. The van der Waals surface area contributed by atoms with Crippen molar-refractivity contribution in [2.75, 3.05) is 0 Å². The summed E-state index contributed by atoms with van der Waals surface area (Å²) < 4.78 is 19.8. The van der Waals surface area contributed by atoms with Crippen LogP contribution >= 0.6 is 0 Å². The molecule has 0 saturated carbocycles. The third-order valence-corrected chi connectivity index (χ3v) is 3.65. The van der Waals surface area contributed by atoms with Crippen molar-refractivity contribution in [2.24, 2.45) is 5.73 Å². The van der Waals surface area contributed by atoms with Gasteiger partial charge in [-0.3, -0.25) is 14.3 Å². The molecule has 1 aromatic carbocycles. The maximum absolute atomic E-state index is 13.5. The van der Waals surface area contributed by atoms with E-state index in [1.807, 2.05) is 0 Å². The van der Waals surface area contributed by atoms with Gasteiger partial charge in [0.1, 0.15) is 5.82 Å². The van der Waals surface area contributed by atoms with Gasteiger partial charge in [-0.25, -0.2) is 14.2 Å². The minimum atomic E-state index is -0.981. The fourth-order valence-corrected chi connectivity index (χ4v) is 2.55. The van der Waals surface area contributed by atoms with Gasteiger partial charge in [0.2, 0.25) is 0 Å². The number of carbonyl (C=O) groups is 1. The maximum Gasteiger partial charge on any atom is 0.405 e. The highest BCUT2D eigenvalue weighted by molar-refractivity contribution is 5.77. The van der Waals surface area contributed by atoms with Crippen LogP contribution in [0.3, 0.4) is 0 Å². The molecule has 25 heavy (non-hydrogen) atoms. The van der Waals surface area contributed by atoms with Crippen LogP contribution in [0.5, 0.6) is 0 Å². The van der Waals surface area contributed by atoms with E-state index in [-0.39, 0.29) is 17.8 Å². The van der Waals surface area contributed by atoms with Crippen molar-refractivity contribution >= 4 is 17.0 Å². The van der Waals surface area contributed by atoms with E-state index in [0.717, 1.165) is 6.07 Å². The Morgan fingerprint density at radius 1 is 1.36 bits per heavy atom. The van der Waals surface area contributed by atoms with Crippen LogP contribution in [0.25, 0.3) is 10.9 Å². The minimum Gasteiger partial charge on any atom is -0.439 e. The molecule has 1 unspecified atom stereocenters. The van der Waals surface area contributed by atoms with Crippen molar-refractivity contribution in [3.05, 3.63) is 70.3 Å². The van der Waals surface area contributed by atoms with E-state index in [2.05, 4.69) is 9.97 Å². The van der Waals surface area contributed by atoms with E-state index in [0.29, 0.717) is 11.2 Å². The zero-order valence-electron chi connectivity index (χ0n) is 13.3. The summed E-state index contributed by atoms with van der Waals surface area (Å²) in [7, 11) is 0. The van der Waals surface area contributed by atoms with Crippen LogP contribution in [-0.4, -0.2) is 20.6 Å². The van der Waals surface area contributed by atoms with Gasteiger partial charge in [0, 0.05) is 6.20 Å². The molecule has 0 spiro atoms. The van der Waals surface area contributed by atoms with E-state index in [1.54, 1.807) is 31.3 Å². The van der Waals surface area contributed by atoms with Crippen LogP contribution in [0.15, 0.2) is 47.4 Å². The summed E-state index contributed by atoms with van der Waals surface area (Å²) in [6, 6.07) is 9.01. The normalized spacial score (nSPS) is 12.1. The summed E-state index contributed by atoms with van der Waals surface area (Å²) in [4.78, 5) is 32.5. The van der Waals surface area contributed by atoms with Crippen LogP contribution in [-0.2, 0) is 11.3 Å². The number of aromatic nitrogens is 3. The van der Waals surface area contributed by atoms with Gasteiger partial charge in [-0.1, -0.05) is 6.07 Å². The van der Waals surface area contributed by atoms with E-state index < -0.39 is 23.6 Å². The summed E-state index contributed by atoms with van der Waals surface area (Å²) in [5.74, 6) is -0.335. The molecule has 0 aliphatic rings. The number of hydrogen-bond acceptors (Lipinski definition) is 5. The van der Waals surface area contributed by atoms with Crippen molar-refractivity contribution in [1.82, 2.24) is 14.5 Å². The Balaban J connectivity index is 2.20. The number of amides is 1. The smallest absolute Gasteiger partial charge is 0.405 e. The Morgan fingerprint density at radius 2 is 2.16 bits per heavy atom. The van der Waals surface area contributed by atoms with Crippen LogP contribution in [0, 0.1) is 5.82 Å². The number of nitrogens with two attached hydrogens (primary N) is 1. The number of carbonyl (C=O) groups excluding carboxylic acids is 1. The monoisotopic (exact) mass is 342 g/mol. The summed E-state index contributed by atoms with van der Waals surface area (Å²) >= 11 is 0. The molecule has 0 fully saturated rings. The molecule has 3 aromatic rings. The zero-order valence-corrected chi connectivity index (χ0v) is 13.3. The predicted molar refractivity (Wildman–Crippen MR) is 88.4 cm³/mol. The summed E-state index contributed by atoms with van der Waals surface area (Å²) in [6.07, 6.45) is -0.244. The number of pyridine rings is 1. The Kier molecular flexibility index (Phi) is 4.42. The third kappa shape index (κ3) is 3.47. The zero-order chi connectivity index (χ0) is 18.0. The van der Waals surface area contributed by atoms with Crippen molar-refractivity contribution in [3.8, 4) is 0 Å². The summed E-state index contributed by atoms with van der Waals surface area (Å²) in [5, 5.41) is 0.131. The highest BCUT2D eigenvalue weighted by Gasteiger charge is 2.20. The van der Waals surface area contributed by atoms with Crippen LogP contribution in [0.1, 0.15) is 24.5 Å². The number of primary amides is 1. The summed E-state index contributed by atoms with van der Waals surface area (Å²) in [5.41, 5.74) is 5.52. The lowest BCUT2D eigenvalue weighted by molar-refractivity contribution is 0.109. The van der Waals surface area contributed by atoms with Crippen molar-refractivity contribution < 1.29 is 13.9 Å². The Morgan fingerprint density at radius 3 is 2.84 bits per heavy atom. The first kappa shape index (κ1) is 16.6. The lowest BCUT2D eigenvalue weighted by Gasteiger charge is -2.18. The second-order valence-electron chi connectivity index (χ2n) is 5.42. The first-order chi connectivity index (χ1) is 12.0. The fraction of sp³-hybridized carbons (Fsp3) is 0.176. The van der Waals surface area contributed by atoms with Gasteiger partial charge < -0.3 is 10.5 Å². The van der Waals surface area contributed by atoms with E-state index >= 15 is 0 Å². The number of benzene rings is 1. The fourth-order valence-electron chi connectivity index (χ4n) is 2.55. The molecule has 7 nitrogen and oxygen atoms in total. The number of rotatable bonds is 4. The molecule has 0 bridgehead atoms. The van der Waals surface area contributed by atoms with E-state index in [9.17, 15) is 14.0 Å². The average molecular weight is 342 g/mol. The second-order valence-corrected chi connectivity index (χ2v) is 5.42. The second kappa shape index (κ2) is 6.68. The van der Waals surface area contributed by atoms with Gasteiger partial charge in [0.15, 0.2) is 11.9 Å². The SMILES string of the molecule is CC(OC(N)=O)c1nc2ccc(F)cc2c(=O)n1Cc1ccccn1. The number of hydrogen-bond donors (Lipinski definition) is 1. The highest BCUT2D eigenvalue weighted by atomic mass is 19.1. The van der Waals surface area contributed by atoms with Crippen molar-refractivity contribution in [2.45, 2.75) is 19.6 Å². The molecule has 2 N–H and O–H groups in total. The Hall–Kier alpha value is -3.29. The molecule has 1 amide bonds. The third-order valence-electron chi connectivity index (χ3n) is 3.65. The number of nitrogens with zero attached hydrogens (tertiary/aromatic N) is 3.